The molecule has 156 valence electrons. The predicted octanol–water partition coefficient (Wildman–Crippen LogP) is 4.25. The van der Waals surface area contributed by atoms with E-state index in [9.17, 15) is 22.0 Å². The Hall–Kier alpha value is -3.26. The molecule has 0 bridgehead atoms. The molecular weight excluding hydrogens is 410 g/mol. The highest BCUT2D eigenvalue weighted by atomic mass is 32.2. The standard InChI is InChI=1S/C22H20F2N2O3S/c1-16-10-12-18(13-11-16)26(30(28,29)15-17-6-3-2-4-7-17)14-21(27)25-22-19(23)8-5-9-20(22)24/h2-13H,14-15H2,1H3,(H,25,27). The van der Waals surface area contributed by atoms with Gasteiger partial charge in [0.15, 0.2) is 0 Å². The summed E-state index contributed by atoms with van der Waals surface area (Å²) in [4.78, 5) is 12.5. The molecule has 0 radical (unpaired) electrons. The minimum absolute atomic E-state index is 0.278. The van der Waals surface area contributed by atoms with E-state index >= 15 is 0 Å². The zero-order valence-corrected chi connectivity index (χ0v) is 17.0. The van der Waals surface area contributed by atoms with E-state index in [1.807, 2.05) is 6.92 Å². The first-order valence-electron chi connectivity index (χ1n) is 9.11. The van der Waals surface area contributed by atoms with E-state index in [4.69, 9.17) is 0 Å². The number of benzene rings is 3. The average Bonchev–Trinajstić information content (AvgIpc) is 2.70. The lowest BCUT2D eigenvalue weighted by Gasteiger charge is -2.24. The maximum absolute atomic E-state index is 13.9. The number of halogens is 2. The fourth-order valence-electron chi connectivity index (χ4n) is 2.85. The summed E-state index contributed by atoms with van der Waals surface area (Å²) in [6, 6.07) is 18.3. The Bertz CT molecular complexity index is 1110. The summed E-state index contributed by atoms with van der Waals surface area (Å²) >= 11 is 0. The van der Waals surface area contributed by atoms with E-state index in [1.54, 1.807) is 54.6 Å². The van der Waals surface area contributed by atoms with Crippen LogP contribution < -0.4 is 9.62 Å². The van der Waals surface area contributed by atoms with Crippen LogP contribution in [0.15, 0.2) is 72.8 Å². The van der Waals surface area contributed by atoms with Gasteiger partial charge in [-0.05, 0) is 36.8 Å². The Morgan fingerprint density at radius 2 is 1.50 bits per heavy atom. The molecule has 0 atom stereocenters. The third kappa shape index (κ3) is 5.21. The molecule has 0 aromatic heterocycles. The predicted molar refractivity (Wildman–Crippen MR) is 113 cm³/mol. The molecule has 3 aromatic rings. The molecule has 3 rings (SSSR count). The zero-order valence-electron chi connectivity index (χ0n) is 16.2. The summed E-state index contributed by atoms with van der Waals surface area (Å²) in [5.74, 6) is -3.09. The molecule has 0 heterocycles. The lowest BCUT2D eigenvalue weighted by Crippen LogP contribution is -2.39. The van der Waals surface area contributed by atoms with Crippen LogP contribution in [-0.4, -0.2) is 20.9 Å². The van der Waals surface area contributed by atoms with Crippen molar-refractivity contribution in [3.05, 3.63) is 95.6 Å². The summed E-state index contributed by atoms with van der Waals surface area (Å²) in [7, 11) is -3.96. The van der Waals surface area contributed by atoms with Crippen LogP contribution in [0.4, 0.5) is 20.2 Å². The van der Waals surface area contributed by atoms with Gasteiger partial charge in [-0.15, -0.1) is 0 Å². The normalized spacial score (nSPS) is 11.2. The minimum atomic E-state index is -3.96. The third-order valence-corrected chi connectivity index (χ3v) is 6.07. The first kappa shape index (κ1) is 21.4. The summed E-state index contributed by atoms with van der Waals surface area (Å²) in [6.07, 6.45) is 0. The molecular formula is C22H20F2N2O3S. The van der Waals surface area contributed by atoms with Crippen molar-refractivity contribution in [3.8, 4) is 0 Å². The Morgan fingerprint density at radius 1 is 0.900 bits per heavy atom. The number of aryl methyl sites for hydroxylation is 1. The van der Waals surface area contributed by atoms with Gasteiger partial charge in [-0.1, -0.05) is 54.1 Å². The van der Waals surface area contributed by atoms with Crippen LogP contribution in [0.2, 0.25) is 0 Å². The third-order valence-electron chi connectivity index (χ3n) is 4.36. The minimum Gasteiger partial charge on any atom is -0.320 e. The van der Waals surface area contributed by atoms with Gasteiger partial charge in [0.2, 0.25) is 15.9 Å². The summed E-state index contributed by atoms with van der Waals surface area (Å²) in [5, 5.41) is 2.13. The molecule has 0 unspecified atom stereocenters. The monoisotopic (exact) mass is 430 g/mol. The number of nitrogens with one attached hydrogen (secondary N) is 1. The first-order valence-corrected chi connectivity index (χ1v) is 10.7. The number of anilines is 2. The molecule has 3 aromatic carbocycles. The van der Waals surface area contributed by atoms with Crippen LogP contribution in [0, 0.1) is 18.6 Å². The molecule has 1 N–H and O–H groups in total. The van der Waals surface area contributed by atoms with E-state index in [-0.39, 0.29) is 11.4 Å². The number of hydrogen-bond acceptors (Lipinski definition) is 3. The lowest BCUT2D eigenvalue weighted by molar-refractivity contribution is -0.114. The van der Waals surface area contributed by atoms with Gasteiger partial charge in [-0.2, -0.15) is 0 Å². The number of carbonyl (C=O) groups excluding carboxylic acids is 1. The van der Waals surface area contributed by atoms with Gasteiger partial charge in [0.1, 0.15) is 23.9 Å². The molecule has 8 heteroatoms. The highest BCUT2D eigenvalue weighted by Crippen LogP contribution is 2.23. The number of nitrogens with zero attached hydrogens (tertiary/aromatic N) is 1. The van der Waals surface area contributed by atoms with E-state index in [0.29, 0.717) is 5.56 Å². The molecule has 0 saturated heterocycles. The maximum Gasteiger partial charge on any atom is 0.245 e. The Kier molecular flexibility index (Phi) is 6.47. The molecule has 5 nitrogen and oxygen atoms in total. The van der Waals surface area contributed by atoms with Gasteiger partial charge in [0.25, 0.3) is 0 Å². The van der Waals surface area contributed by atoms with Crippen molar-refractivity contribution in [2.45, 2.75) is 12.7 Å². The second-order valence-electron chi connectivity index (χ2n) is 6.73. The molecule has 0 aliphatic carbocycles. The van der Waals surface area contributed by atoms with Crippen molar-refractivity contribution >= 4 is 27.3 Å². The summed E-state index contributed by atoms with van der Waals surface area (Å²) in [5.41, 5.74) is 1.12. The van der Waals surface area contributed by atoms with Crippen molar-refractivity contribution in [1.29, 1.82) is 0 Å². The van der Waals surface area contributed by atoms with Crippen LogP contribution in [-0.2, 0) is 20.6 Å². The smallest absolute Gasteiger partial charge is 0.245 e. The average molecular weight is 430 g/mol. The van der Waals surface area contributed by atoms with E-state index in [1.165, 1.54) is 6.07 Å². The van der Waals surface area contributed by atoms with Crippen LogP contribution in [0.1, 0.15) is 11.1 Å². The number of carbonyl (C=O) groups is 1. The molecule has 1 amide bonds. The van der Waals surface area contributed by atoms with E-state index in [0.717, 1.165) is 22.0 Å². The second kappa shape index (κ2) is 9.04. The van der Waals surface area contributed by atoms with Crippen molar-refractivity contribution in [1.82, 2.24) is 0 Å². The van der Waals surface area contributed by atoms with E-state index < -0.39 is 39.8 Å². The number of sulfonamides is 1. The highest BCUT2D eigenvalue weighted by molar-refractivity contribution is 7.92. The molecule has 30 heavy (non-hydrogen) atoms. The van der Waals surface area contributed by atoms with Crippen LogP contribution in [0.25, 0.3) is 0 Å². The second-order valence-corrected chi connectivity index (χ2v) is 8.62. The highest BCUT2D eigenvalue weighted by Gasteiger charge is 2.26. The molecule has 0 aliphatic heterocycles. The number of amides is 1. The SMILES string of the molecule is Cc1ccc(N(CC(=O)Nc2c(F)cccc2F)S(=O)(=O)Cc2ccccc2)cc1. The van der Waals surface area contributed by atoms with Gasteiger partial charge < -0.3 is 5.32 Å². The van der Waals surface area contributed by atoms with Crippen molar-refractivity contribution in [2.24, 2.45) is 0 Å². The number of rotatable bonds is 7. The van der Waals surface area contributed by atoms with Crippen molar-refractivity contribution in [3.63, 3.8) is 0 Å². The fraction of sp³-hybridized carbons (Fsp3) is 0.136. The Labute approximate surface area is 174 Å². The van der Waals surface area contributed by atoms with Crippen LogP contribution in [0.3, 0.4) is 0 Å². The number of hydrogen-bond donors (Lipinski definition) is 1. The van der Waals surface area contributed by atoms with Gasteiger partial charge >= 0.3 is 0 Å². The topological polar surface area (TPSA) is 66.5 Å². The van der Waals surface area contributed by atoms with Crippen LogP contribution >= 0.6 is 0 Å². The Morgan fingerprint density at radius 3 is 2.10 bits per heavy atom. The molecule has 0 aliphatic rings. The summed E-state index contributed by atoms with van der Waals surface area (Å²) < 4.78 is 54.8. The van der Waals surface area contributed by atoms with Crippen molar-refractivity contribution < 1.29 is 22.0 Å². The van der Waals surface area contributed by atoms with Crippen molar-refractivity contribution in [2.75, 3.05) is 16.2 Å². The molecule has 0 fully saturated rings. The quantitative estimate of drug-likeness (QED) is 0.610. The van der Waals surface area contributed by atoms with Gasteiger partial charge in [0, 0.05) is 0 Å². The van der Waals surface area contributed by atoms with Gasteiger partial charge in [-0.25, -0.2) is 17.2 Å². The molecule has 0 spiro atoms. The van der Waals surface area contributed by atoms with Gasteiger partial charge in [0.05, 0.1) is 11.4 Å². The summed E-state index contributed by atoms with van der Waals surface area (Å²) in [6.45, 7) is 1.21. The zero-order chi connectivity index (χ0) is 21.7. The Balaban J connectivity index is 1.89. The fourth-order valence-corrected chi connectivity index (χ4v) is 4.38. The molecule has 0 saturated carbocycles. The van der Waals surface area contributed by atoms with E-state index in [2.05, 4.69) is 5.32 Å². The van der Waals surface area contributed by atoms with Gasteiger partial charge in [-0.3, -0.25) is 9.10 Å². The largest absolute Gasteiger partial charge is 0.320 e. The van der Waals surface area contributed by atoms with Crippen LogP contribution in [0.5, 0.6) is 0 Å². The first-order chi connectivity index (χ1) is 14.3. The maximum atomic E-state index is 13.9. The number of para-hydroxylation sites is 1. The lowest BCUT2D eigenvalue weighted by atomic mass is 10.2.